The Labute approximate surface area is 163 Å². The number of nitrogens with zero attached hydrogens (tertiary/aromatic N) is 1. The Morgan fingerprint density at radius 3 is 2.61 bits per heavy atom. The molecule has 28 heavy (non-hydrogen) atoms. The maximum absolute atomic E-state index is 12.4. The highest BCUT2D eigenvalue weighted by atomic mass is 19.3. The molecule has 0 aliphatic carbocycles. The Morgan fingerprint density at radius 1 is 1.18 bits per heavy atom. The molecule has 1 N–H and O–H groups in total. The number of halogens is 2. The van der Waals surface area contributed by atoms with Gasteiger partial charge in [-0.15, -0.1) is 0 Å². The highest BCUT2D eigenvalue weighted by Gasteiger charge is 2.11. The van der Waals surface area contributed by atoms with Crippen LogP contribution in [0.2, 0.25) is 0 Å². The first-order chi connectivity index (χ1) is 13.5. The van der Waals surface area contributed by atoms with Gasteiger partial charge in [0.1, 0.15) is 0 Å². The number of likely N-dealkylation sites (N-methyl/N-ethyl adjacent to an activating group) is 1. The van der Waals surface area contributed by atoms with Gasteiger partial charge < -0.3 is 19.7 Å². The molecule has 0 saturated carbocycles. The number of benzene rings is 2. The summed E-state index contributed by atoms with van der Waals surface area (Å²) in [5.41, 5.74) is 1.71. The summed E-state index contributed by atoms with van der Waals surface area (Å²) in [6, 6.07) is 14.4. The maximum atomic E-state index is 12.4. The number of amides is 1. The van der Waals surface area contributed by atoms with Gasteiger partial charge in [0.25, 0.3) is 0 Å². The van der Waals surface area contributed by atoms with Crippen LogP contribution < -0.4 is 19.7 Å². The molecule has 150 valence electrons. The Kier molecular flexibility index (Phi) is 8.27. The third-order valence-electron chi connectivity index (χ3n) is 3.85. The van der Waals surface area contributed by atoms with Crippen LogP contribution in [-0.2, 0) is 4.79 Å². The van der Waals surface area contributed by atoms with Crippen molar-refractivity contribution >= 4 is 17.7 Å². The highest BCUT2D eigenvalue weighted by Crippen LogP contribution is 2.30. The first kappa shape index (κ1) is 21.2. The minimum absolute atomic E-state index is 0.0394. The third kappa shape index (κ3) is 6.90. The SMILES string of the molecule is CCOc1cc(C=CC(=O)NCCN(C)c2ccccc2)ccc1OC(F)F. The molecule has 0 atom stereocenters. The molecule has 0 aliphatic heterocycles. The first-order valence-electron chi connectivity index (χ1n) is 8.93. The first-order valence-corrected chi connectivity index (χ1v) is 8.93. The minimum atomic E-state index is -2.93. The van der Waals surface area contributed by atoms with E-state index in [4.69, 9.17) is 4.74 Å². The van der Waals surface area contributed by atoms with Crippen molar-refractivity contribution in [1.29, 1.82) is 0 Å². The summed E-state index contributed by atoms with van der Waals surface area (Å²) in [6.07, 6.45) is 2.98. The van der Waals surface area contributed by atoms with Crippen molar-refractivity contribution in [3.8, 4) is 11.5 Å². The predicted molar refractivity (Wildman–Crippen MR) is 106 cm³/mol. The Morgan fingerprint density at radius 2 is 1.93 bits per heavy atom. The summed E-state index contributed by atoms with van der Waals surface area (Å²) < 4.78 is 34.6. The number of alkyl halides is 2. The van der Waals surface area contributed by atoms with E-state index in [1.165, 1.54) is 12.1 Å². The largest absolute Gasteiger partial charge is 0.490 e. The van der Waals surface area contributed by atoms with E-state index in [0.29, 0.717) is 25.3 Å². The Hall–Kier alpha value is -3.09. The van der Waals surface area contributed by atoms with Crippen molar-refractivity contribution in [2.75, 3.05) is 31.6 Å². The predicted octanol–water partition coefficient (Wildman–Crippen LogP) is 3.95. The number of nitrogens with one attached hydrogen (secondary N) is 1. The number of rotatable bonds is 10. The standard InChI is InChI=1S/C21H24F2N2O3/c1-3-27-19-15-16(9-11-18(19)28-21(22)23)10-12-20(26)24-13-14-25(2)17-7-5-4-6-8-17/h4-12,15,21H,3,13-14H2,1-2H3,(H,24,26). The number of carbonyl (C=O) groups is 1. The van der Waals surface area contributed by atoms with Gasteiger partial charge in [0.05, 0.1) is 6.61 Å². The van der Waals surface area contributed by atoms with Crippen molar-refractivity contribution in [3.63, 3.8) is 0 Å². The number of hydrogen-bond donors (Lipinski definition) is 1. The maximum Gasteiger partial charge on any atom is 0.387 e. The zero-order chi connectivity index (χ0) is 20.4. The fourth-order valence-corrected chi connectivity index (χ4v) is 2.48. The van der Waals surface area contributed by atoms with Crippen molar-refractivity contribution in [2.45, 2.75) is 13.5 Å². The van der Waals surface area contributed by atoms with E-state index in [9.17, 15) is 13.6 Å². The van der Waals surface area contributed by atoms with Crippen LogP contribution in [0.1, 0.15) is 12.5 Å². The molecular weight excluding hydrogens is 366 g/mol. The lowest BCUT2D eigenvalue weighted by atomic mass is 10.2. The normalized spacial score (nSPS) is 10.9. The van der Waals surface area contributed by atoms with Crippen LogP contribution in [0, 0.1) is 0 Å². The van der Waals surface area contributed by atoms with Gasteiger partial charge in [-0.2, -0.15) is 8.78 Å². The summed E-state index contributed by atoms with van der Waals surface area (Å²) in [5, 5.41) is 2.81. The van der Waals surface area contributed by atoms with E-state index in [-0.39, 0.29) is 17.4 Å². The molecule has 0 aromatic heterocycles. The second-order valence-electron chi connectivity index (χ2n) is 5.90. The molecular formula is C21H24F2N2O3. The number of carbonyl (C=O) groups excluding carboxylic acids is 1. The molecule has 1 amide bonds. The lowest BCUT2D eigenvalue weighted by Crippen LogP contribution is -2.31. The van der Waals surface area contributed by atoms with Crippen LogP contribution in [0.15, 0.2) is 54.6 Å². The molecule has 0 spiro atoms. The summed E-state index contributed by atoms with van der Waals surface area (Å²) in [4.78, 5) is 14.0. The van der Waals surface area contributed by atoms with Crippen LogP contribution in [-0.4, -0.2) is 39.3 Å². The molecule has 7 heteroatoms. The molecule has 5 nitrogen and oxygen atoms in total. The highest BCUT2D eigenvalue weighted by molar-refractivity contribution is 5.91. The van der Waals surface area contributed by atoms with Crippen molar-refractivity contribution in [1.82, 2.24) is 5.32 Å². The zero-order valence-corrected chi connectivity index (χ0v) is 15.9. The van der Waals surface area contributed by atoms with Crippen molar-refractivity contribution in [2.24, 2.45) is 0 Å². The summed E-state index contributed by atoms with van der Waals surface area (Å²) in [7, 11) is 1.95. The number of ether oxygens (including phenoxy) is 2. The number of hydrogen-bond acceptors (Lipinski definition) is 4. The van der Waals surface area contributed by atoms with Gasteiger partial charge >= 0.3 is 6.61 Å². The van der Waals surface area contributed by atoms with E-state index < -0.39 is 6.61 Å². The van der Waals surface area contributed by atoms with E-state index >= 15 is 0 Å². The van der Waals surface area contributed by atoms with Crippen molar-refractivity contribution < 1.29 is 23.0 Å². The van der Waals surface area contributed by atoms with Crippen LogP contribution >= 0.6 is 0 Å². The zero-order valence-electron chi connectivity index (χ0n) is 15.9. The molecule has 2 aromatic rings. The summed E-state index contributed by atoms with van der Waals surface area (Å²) in [6.45, 7) is 0.273. The third-order valence-corrected chi connectivity index (χ3v) is 3.85. The molecule has 0 fully saturated rings. The molecule has 2 rings (SSSR count). The van der Waals surface area contributed by atoms with Crippen LogP contribution in [0.3, 0.4) is 0 Å². The van der Waals surface area contributed by atoms with Crippen LogP contribution in [0.25, 0.3) is 6.08 Å². The number of para-hydroxylation sites is 1. The van der Waals surface area contributed by atoms with Gasteiger partial charge in [-0.3, -0.25) is 4.79 Å². The lowest BCUT2D eigenvalue weighted by Gasteiger charge is -2.19. The molecule has 0 unspecified atom stereocenters. The molecule has 0 heterocycles. The van der Waals surface area contributed by atoms with E-state index in [1.807, 2.05) is 42.3 Å². The monoisotopic (exact) mass is 390 g/mol. The topological polar surface area (TPSA) is 50.8 Å². The molecule has 0 saturated heterocycles. The second-order valence-corrected chi connectivity index (χ2v) is 5.90. The fourth-order valence-electron chi connectivity index (χ4n) is 2.48. The van der Waals surface area contributed by atoms with Crippen molar-refractivity contribution in [3.05, 3.63) is 60.2 Å². The average Bonchev–Trinajstić information content (AvgIpc) is 2.68. The van der Waals surface area contributed by atoms with E-state index in [2.05, 4.69) is 10.1 Å². The molecule has 0 aliphatic rings. The Bertz CT molecular complexity index is 782. The van der Waals surface area contributed by atoms with Gasteiger partial charge in [0.15, 0.2) is 11.5 Å². The average molecular weight is 390 g/mol. The van der Waals surface area contributed by atoms with Gasteiger partial charge in [0.2, 0.25) is 5.91 Å². The van der Waals surface area contributed by atoms with Crippen LogP contribution in [0.4, 0.5) is 14.5 Å². The molecule has 0 bridgehead atoms. The molecule has 2 aromatic carbocycles. The fraction of sp³-hybridized carbons (Fsp3) is 0.286. The Balaban J connectivity index is 1.88. The lowest BCUT2D eigenvalue weighted by molar-refractivity contribution is -0.116. The van der Waals surface area contributed by atoms with Gasteiger partial charge in [-0.1, -0.05) is 24.3 Å². The molecule has 0 radical (unpaired) electrons. The van der Waals surface area contributed by atoms with Gasteiger partial charge in [0, 0.05) is 31.9 Å². The number of anilines is 1. The quantitative estimate of drug-likeness (QED) is 0.624. The second kappa shape index (κ2) is 10.9. The van der Waals surface area contributed by atoms with Gasteiger partial charge in [-0.05, 0) is 42.8 Å². The van der Waals surface area contributed by atoms with E-state index in [1.54, 1.807) is 25.1 Å². The summed E-state index contributed by atoms with van der Waals surface area (Å²) >= 11 is 0. The van der Waals surface area contributed by atoms with Crippen LogP contribution in [0.5, 0.6) is 11.5 Å². The van der Waals surface area contributed by atoms with Gasteiger partial charge in [-0.25, -0.2) is 0 Å². The smallest absolute Gasteiger partial charge is 0.387 e. The van der Waals surface area contributed by atoms with E-state index in [0.717, 1.165) is 5.69 Å². The summed E-state index contributed by atoms with van der Waals surface area (Å²) in [5.74, 6) is -0.0791. The minimum Gasteiger partial charge on any atom is -0.490 e.